The third-order valence-electron chi connectivity index (χ3n) is 2.56. The molecule has 1 atom stereocenters. The number of rotatable bonds is 2. The fourth-order valence-electron chi connectivity index (χ4n) is 1.75. The van der Waals surface area contributed by atoms with Gasteiger partial charge in [-0.1, -0.05) is 12.1 Å². The molecule has 0 bridgehead atoms. The van der Waals surface area contributed by atoms with Crippen LogP contribution in [0, 0.1) is 5.82 Å². The molecule has 1 heterocycles. The fourth-order valence-corrected chi connectivity index (χ4v) is 1.75. The van der Waals surface area contributed by atoms with Gasteiger partial charge in [-0.3, -0.25) is 0 Å². The first-order valence-corrected chi connectivity index (χ1v) is 5.03. The largest absolute Gasteiger partial charge is 0.478 e. The second-order valence-electron chi connectivity index (χ2n) is 3.60. The molecule has 0 aromatic heterocycles. The molecule has 1 saturated heterocycles. The van der Waals surface area contributed by atoms with E-state index in [1.165, 1.54) is 12.1 Å². The van der Waals surface area contributed by atoms with E-state index >= 15 is 0 Å². The number of ether oxygens (including phenoxy) is 1. The van der Waals surface area contributed by atoms with Crippen molar-refractivity contribution in [3.63, 3.8) is 0 Å². The quantitative estimate of drug-likeness (QED) is 0.793. The van der Waals surface area contributed by atoms with Gasteiger partial charge in [-0.2, -0.15) is 0 Å². The maximum absolute atomic E-state index is 13.8. The Morgan fingerprint density at radius 3 is 3.00 bits per heavy atom. The summed E-state index contributed by atoms with van der Waals surface area (Å²) in [7, 11) is 0. The Morgan fingerprint density at radius 2 is 2.38 bits per heavy atom. The average molecular weight is 225 g/mol. The highest BCUT2D eigenvalue weighted by molar-refractivity contribution is 5.88. The molecule has 86 valence electrons. The van der Waals surface area contributed by atoms with E-state index in [0.717, 1.165) is 0 Å². The third kappa shape index (κ3) is 2.05. The van der Waals surface area contributed by atoms with Gasteiger partial charge in [-0.15, -0.1) is 0 Å². The SMILES string of the molecule is O=C(O)c1cccc(C2COCCN2)c1F. The maximum atomic E-state index is 13.8. The van der Waals surface area contributed by atoms with Gasteiger partial charge in [0, 0.05) is 12.1 Å². The second kappa shape index (κ2) is 4.59. The smallest absolute Gasteiger partial charge is 0.338 e. The molecule has 2 N–H and O–H groups in total. The zero-order chi connectivity index (χ0) is 11.5. The van der Waals surface area contributed by atoms with Crippen molar-refractivity contribution in [3.8, 4) is 0 Å². The normalized spacial score (nSPS) is 20.7. The summed E-state index contributed by atoms with van der Waals surface area (Å²) in [6.07, 6.45) is 0. The number of aromatic carboxylic acids is 1. The Hall–Kier alpha value is -1.46. The molecule has 0 spiro atoms. The lowest BCUT2D eigenvalue weighted by molar-refractivity contribution is 0.0684. The van der Waals surface area contributed by atoms with Gasteiger partial charge in [-0.05, 0) is 6.07 Å². The first-order chi connectivity index (χ1) is 7.70. The van der Waals surface area contributed by atoms with Crippen LogP contribution in [0.3, 0.4) is 0 Å². The summed E-state index contributed by atoms with van der Waals surface area (Å²) in [4.78, 5) is 10.8. The van der Waals surface area contributed by atoms with E-state index in [1.807, 2.05) is 0 Å². The molecule has 1 aromatic carbocycles. The molecular weight excluding hydrogens is 213 g/mol. The van der Waals surface area contributed by atoms with E-state index in [-0.39, 0.29) is 11.6 Å². The molecule has 2 rings (SSSR count). The van der Waals surface area contributed by atoms with Crippen LogP contribution in [0.4, 0.5) is 4.39 Å². The number of halogens is 1. The minimum Gasteiger partial charge on any atom is -0.478 e. The molecule has 0 saturated carbocycles. The van der Waals surface area contributed by atoms with E-state index in [2.05, 4.69) is 5.32 Å². The minimum atomic E-state index is -1.25. The highest BCUT2D eigenvalue weighted by Crippen LogP contribution is 2.21. The van der Waals surface area contributed by atoms with E-state index in [4.69, 9.17) is 9.84 Å². The zero-order valence-corrected chi connectivity index (χ0v) is 8.57. The molecule has 1 aliphatic heterocycles. The van der Waals surface area contributed by atoms with E-state index < -0.39 is 11.8 Å². The van der Waals surface area contributed by atoms with E-state index in [9.17, 15) is 9.18 Å². The van der Waals surface area contributed by atoms with Crippen LogP contribution in [-0.4, -0.2) is 30.8 Å². The summed E-state index contributed by atoms with van der Waals surface area (Å²) in [5.41, 5.74) is 0.0458. The van der Waals surface area contributed by atoms with Gasteiger partial charge in [0.05, 0.1) is 24.8 Å². The highest BCUT2D eigenvalue weighted by atomic mass is 19.1. The van der Waals surface area contributed by atoms with Crippen molar-refractivity contribution in [1.82, 2.24) is 5.32 Å². The molecular formula is C11H12FNO3. The summed E-state index contributed by atoms with van der Waals surface area (Å²) in [6.45, 7) is 1.60. The zero-order valence-electron chi connectivity index (χ0n) is 8.57. The number of nitrogens with one attached hydrogen (secondary N) is 1. The van der Waals surface area contributed by atoms with Crippen molar-refractivity contribution >= 4 is 5.97 Å². The standard InChI is InChI=1S/C11H12FNO3/c12-10-7(9-6-16-5-4-13-9)2-1-3-8(10)11(14)15/h1-3,9,13H,4-6H2,(H,14,15). The lowest BCUT2D eigenvalue weighted by Gasteiger charge is -2.24. The van der Waals surface area contributed by atoms with Gasteiger partial charge < -0.3 is 15.2 Å². The molecule has 1 aromatic rings. The monoisotopic (exact) mass is 225 g/mol. The number of hydrogen-bond acceptors (Lipinski definition) is 3. The minimum absolute atomic E-state index is 0.270. The molecule has 16 heavy (non-hydrogen) atoms. The lowest BCUT2D eigenvalue weighted by Crippen LogP contribution is -2.35. The Kier molecular flexibility index (Phi) is 3.17. The Labute approximate surface area is 92.0 Å². The third-order valence-corrected chi connectivity index (χ3v) is 2.56. The van der Waals surface area contributed by atoms with Crippen molar-refractivity contribution in [2.45, 2.75) is 6.04 Å². The molecule has 4 nitrogen and oxygen atoms in total. The van der Waals surface area contributed by atoms with Crippen LogP contribution in [0.15, 0.2) is 18.2 Å². The number of carbonyl (C=O) groups is 1. The summed E-state index contributed by atoms with van der Waals surface area (Å²) >= 11 is 0. The summed E-state index contributed by atoms with van der Waals surface area (Å²) in [6, 6.07) is 4.10. The number of hydrogen-bond donors (Lipinski definition) is 2. The fraction of sp³-hybridized carbons (Fsp3) is 0.364. The summed E-state index contributed by atoms with van der Waals surface area (Å²) in [5, 5.41) is 11.9. The van der Waals surface area contributed by atoms with Crippen molar-refractivity contribution in [3.05, 3.63) is 35.1 Å². The van der Waals surface area contributed by atoms with Crippen LogP contribution in [0.5, 0.6) is 0 Å². The van der Waals surface area contributed by atoms with Gasteiger partial charge in [0.2, 0.25) is 0 Å². The number of carboxylic acids is 1. The average Bonchev–Trinajstić information content (AvgIpc) is 2.30. The predicted molar refractivity (Wildman–Crippen MR) is 54.9 cm³/mol. The Balaban J connectivity index is 2.33. The van der Waals surface area contributed by atoms with Crippen LogP contribution < -0.4 is 5.32 Å². The Bertz CT molecular complexity index is 402. The predicted octanol–water partition coefficient (Wildman–Crippen LogP) is 1.18. The molecule has 0 aliphatic carbocycles. The van der Waals surface area contributed by atoms with Gasteiger partial charge in [0.1, 0.15) is 5.82 Å². The first-order valence-electron chi connectivity index (χ1n) is 5.03. The van der Waals surface area contributed by atoms with Crippen LogP contribution in [0.2, 0.25) is 0 Å². The number of morpholine rings is 1. The summed E-state index contributed by atoms with van der Waals surface area (Å²) in [5.74, 6) is -1.94. The van der Waals surface area contributed by atoms with Gasteiger partial charge in [0.15, 0.2) is 0 Å². The summed E-state index contributed by atoms with van der Waals surface area (Å²) < 4.78 is 19.0. The maximum Gasteiger partial charge on any atom is 0.338 e. The van der Waals surface area contributed by atoms with Crippen LogP contribution in [0.25, 0.3) is 0 Å². The molecule has 0 amide bonds. The van der Waals surface area contributed by atoms with Gasteiger partial charge >= 0.3 is 5.97 Å². The van der Waals surface area contributed by atoms with Crippen LogP contribution in [-0.2, 0) is 4.74 Å². The highest BCUT2D eigenvalue weighted by Gasteiger charge is 2.22. The molecule has 1 fully saturated rings. The van der Waals surface area contributed by atoms with Crippen molar-refractivity contribution in [2.24, 2.45) is 0 Å². The van der Waals surface area contributed by atoms with Crippen molar-refractivity contribution < 1.29 is 19.0 Å². The van der Waals surface area contributed by atoms with Gasteiger partial charge in [0.25, 0.3) is 0 Å². The van der Waals surface area contributed by atoms with Crippen LogP contribution >= 0.6 is 0 Å². The first kappa shape index (κ1) is 11.0. The van der Waals surface area contributed by atoms with E-state index in [0.29, 0.717) is 25.3 Å². The van der Waals surface area contributed by atoms with E-state index in [1.54, 1.807) is 6.07 Å². The molecule has 0 radical (unpaired) electrons. The number of carboxylic acid groups (broad SMARTS) is 1. The van der Waals surface area contributed by atoms with Gasteiger partial charge in [-0.25, -0.2) is 9.18 Å². The molecule has 1 unspecified atom stereocenters. The Morgan fingerprint density at radius 1 is 1.56 bits per heavy atom. The molecule has 1 aliphatic rings. The van der Waals surface area contributed by atoms with Crippen molar-refractivity contribution in [2.75, 3.05) is 19.8 Å². The second-order valence-corrected chi connectivity index (χ2v) is 3.60. The molecule has 5 heteroatoms. The topological polar surface area (TPSA) is 58.6 Å². The number of benzene rings is 1. The van der Waals surface area contributed by atoms with Crippen molar-refractivity contribution in [1.29, 1.82) is 0 Å². The van der Waals surface area contributed by atoms with Crippen LogP contribution in [0.1, 0.15) is 22.0 Å². The lowest BCUT2D eigenvalue weighted by atomic mass is 10.0.